The molecule has 1 aliphatic rings. The van der Waals surface area contributed by atoms with Crippen LogP contribution < -0.4 is 11.2 Å². The van der Waals surface area contributed by atoms with Crippen molar-refractivity contribution in [1.29, 1.82) is 0 Å². The van der Waals surface area contributed by atoms with Gasteiger partial charge in [0, 0.05) is 46.0 Å². The van der Waals surface area contributed by atoms with Gasteiger partial charge in [0.25, 0.3) is 5.56 Å². The highest BCUT2D eigenvalue weighted by Gasteiger charge is 2.35. The Bertz CT molecular complexity index is 842. The molecule has 0 unspecified atom stereocenters. The maximum Gasteiger partial charge on any atom is 0.330 e. The Kier molecular flexibility index (Phi) is 5.87. The topological polar surface area (TPSA) is 105 Å². The summed E-state index contributed by atoms with van der Waals surface area (Å²) < 4.78 is 29.3. The predicted octanol–water partition coefficient (Wildman–Crippen LogP) is -1.59. The molecule has 1 aliphatic heterocycles. The quantitative estimate of drug-likeness (QED) is 0.681. The van der Waals surface area contributed by atoms with Crippen molar-refractivity contribution in [3.63, 3.8) is 0 Å². The van der Waals surface area contributed by atoms with Crippen molar-refractivity contribution in [3.8, 4) is 0 Å². The van der Waals surface area contributed by atoms with Crippen LogP contribution in [0.25, 0.3) is 0 Å². The van der Waals surface area contributed by atoms with Crippen LogP contribution in [-0.4, -0.2) is 71.7 Å². The van der Waals surface area contributed by atoms with Crippen molar-refractivity contribution in [2.75, 3.05) is 33.8 Å². The van der Waals surface area contributed by atoms with Crippen LogP contribution in [0.3, 0.4) is 0 Å². The Hall–Kier alpha value is -1.49. The van der Waals surface area contributed by atoms with E-state index in [1.54, 1.807) is 0 Å². The average Bonchev–Trinajstić information content (AvgIpc) is 2.79. The maximum absolute atomic E-state index is 13.1. The lowest BCUT2D eigenvalue weighted by Crippen LogP contribution is -2.46. The van der Waals surface area contributed by atoms with Crippen molar-refractivity contribution in [3.05, 3.63) is 27.0 Å². The van der Waals surface area contributed by atoms with Crippen LogP contribution in [-0.2, 0) is 24.1 Å². The molecule has 1 fully saturated rings. The molecule has 0 amide bonds. The molecule has 0 radical (unpaired) electrons. The Labute approximate surface area is 147 Å². The zero-order valence-electron chi connectivity index (χ0n) is 15.0. The molecule has 1 aromatic rings. The number of rotatable bonds is 4. The van der Waals surface area contributed by atoms with Gasteiger partial charge in [-0.2, -0.15) is 4.31 Å². The van der Waals surface area contributed by atoms with Gasteiger partial charge in [0.05, 0.1) is 0 Å². The van der Waals surface area contributed by atoms with Gasteiger partial charge in [-0.3, -0.25) is 9.36 Å². The molecule has 142 valence electrons. The number of aliphatic hydroxyl groups is 1. The van der Waals surface area contributed by atoms with Gasteiger partial charge in [-0.25, -0.2) is 13.2 Å². The highest BCUT2D eigenvalue weighted by molar-refractivity contribution is 7.89. The molecule has 10 heteroatoms. The molecule has 25 heavy (non-hydrogen) atoms. The van der Waals surface area contributed by atoms with Crippen LogP contribution in [0.15, 0.2) is 20.7 Å². The van der Waals surface area contributed by atoms with E-state index in [-0.39, 0.29) is 31.7 Å². The first kappa shape index (κ1) is 19.8. The van der Waals surface area contributed by atoms with Crippen molar-refractivity contribution >= 4 is 10.0 Å². The van der Waals surface area contributed by atoms with E-state index in [9.17, 15) is 23.1 Å². The molecule has 1 aromatic heterocycles. The van der Waals surface area contributed by atoms with Gasteiger partial charge < -0.3 is 14.6 Å². The second-order valence-corrected chi connectivity index (χ2v) is 8.72. The minimum absolute atomic E-state index is 0.0114. The Morgan fingerprint density at radius 2 is 1.84 bits per heavy atom. The van der Waals surface area contributed by atoms with Crippen LogP contribution in [0.1, 0.15) is 12.8 Å². The van der Waals surface area contributed by atoms with E-state index < -0.39 is 26.2 Å². The van der Waals surface area contributed by atoms with Gasteiger partial charge in [-0.15, -0.1) is 0 Å². The van der Waals surface area contributed by atoms with Crippen LogP contribution in [0.5, 0.6) is 0 Å². The minimum atomic E-state index is -4.08. The first-order chi connectivity index (χ1) is 11.6. The largest absolute Gasteiger partial charge is 0.396 e. The number of aryl methyl sites for hydroxylation is 1. The monoisotopic (exact) mass is 374 g/mol. The molecule has 0 spiro atoms. The highest BCUT2D eigenvalue weighted by atomic mass is 32.2. The summed E-state index contributed by atoms with van der Waals surface area (Å²) in [7, 11) is 2.33. The smallest absolute Gasteiger partial charge is 0.330 e. The van der Waals surface area contributed by atoms with E-state index in [1.807, 2.05) is 19.0 Å². The number of aromatic nitrogens is 2. The first-order valence-corrected chi connectivity index (χ1v) is 9.57. The van der Waals surface area contributed by atoms with E-state index >= 15 is 0 Å². The first-order valence-electron chi connectivity index (χ1n) is 8.13. The fourth-order valence-corrected chi connectivity index (χ4v) is 4.77. The predicted molar refractivity (Wildman–Crippen MR) is 93.0 cm³/mol. The minimum Gasteiger partial charge on any atom is -0.396 e. The van der Waals surface area contributed by atoms with Crippen molar-refractivity contribution in [2.24, 2.45) is 20.0 Å². The van der Waals surface area contributed by atoms with Crippen molar-refractivity contribution in [2.45, 2.75) is 23.8 Å². The molecule has 0 bridgehead atoms. The van der Waals surface area contributed by atoms with Crippen LogP contribution in [0.4, 0.5) is 0 Å². The summed E-state index contributed by atoms with van der Waals surface area (Å²) in [6.45, 7) is 0.268. The molecule has 2 heterocycles. The number of likely N-dealkylation sites (N-methyl/N-ethyl adjacent to an activating group) is 1. The summed E-state index contributed by atoms with van der Waals surface area (Å²) in [6.07, 6.45) is 2.54. The van der Waals surface area contributed by atoms with Gasteiger partial charge >= 0.3 is 5.69 Å². The number of hydrogen-bond acceptors (Lipinski definition) is 6. The summed E-state index contributed by atoms with van der Waals surface area (Å²) in [5.74, 6) is -0.184. The van der Waals surface area contributed by atoms with Gasteiger partial charge in [-0.05, 0) is 32.9 Å². The third kappa shape index (κ3) is 3.86. The number of nitrogens with zero attached hydrogens (tertiary/aromatic N) is 4. The number of sulfonamides is 1. The summed E-state index contributed by atoms with van der Waals surface area (Å²) in [4.78, 5) is 25.7. The van der Waals surface area contributed by atoms with Gasteiger partial charge in [-0.1, -0.05) is 0 Å². The second-order valence-electron chi connectivity index (χ2n) is 6.82. The Morgan fingerprint density at radius 1 is 1.20 bits per heavy atom. The molecule has 0 saturated carbocycles. The lowest BCUT2D eigenvalue weighted by Gasteiger charge is -2.28. The van der Waals surface area contributed by atoms with Gasteiger partial charge in [0.15, 0.2) is 4.90 Å². The highest BCUT2D eigenvalue weighted by Crippen LogP contribution is 2.23. The maximum atomic E-state index is 13.1. The zero-order chi connectivity index (χ0) is 18.9. The van der Waals surface area contributed by atoms with E-state index in [0.717, 1.165) is 21.8 Å². The van der Waals surface area contributed by atoms with Crippen molar-refractivity contribution in [1.82, 2.24) is 18.3 Å². The molecule has 0 aliphatic carbocycles. The molecule has 2 atom stereocenters. The van der Waals surface area contributed by atoms with Gasteiger partial charge in [0.1, 0.15) is 0 Å². The zero-order valence-corrected chi connectivity index (χ0v) is 15.9. The van der Waals surface area contributed by atoms with Crippen LogP contribution in [0.2, 0.25) is 0 Å². The van der Waals surface area contributed by atoms with E-state index in [4.69, 9.17) is 0 Å². The molecule has 1 N–H and O–H groups in total. The summed E-state index contributed by atoms with van der Waals surface area (Å²) >= 11 is 0. The number of hydrogen-bond donors (Lipinski definition) is 1. The fourth-order valence-electron chi connectivity index (χ4n) is 3.07. The Balaban J connectivity index is 2.53. The lowest BCUT2D eigenvalue weighted by molar-refractivity contribution is 0.204. The molecule has 9 nitrogen and oxygen atoms in total. The second kappa shape index (κ2) is 7.40. The molecule has 0 aromatic carbocycles. The van der Waals surface area contributed by atoms with E-state index in [1.165, 1.54) is 18.4 Å². The van der Waals surface area contributed by atoms with E-state index in [0.29, 0.717) is 6.42 Å². The van der Waals surface area contributed by atoms with Crippen molar-refractivity contribution < 1.29 is 13.5 Å². The number of aliphatic hydroxyl groups excluding tert-OH is 1. The molecular formula is C15H26N4O5S. The van der Waals surface area contributed by atoms with Crippen LogP contribution >= 0.6 is 0 Å². The molecular weight excluding hydrogens is 348 g/mol. The summed E-state index contributed by atoms with van der Waals surface area (Å²) in [5.41, 5.74) is -1.42. The summed E-state index contributed by atoms with van der Waals surface area (Å²) in [6, 6.07) is -0.0114. The molecule has 2 rings (SSSR count). The third-order valence-corrected chi connectivity index (χ3v) is 6.62. The molecule has 1 saturated heterocycles. The van der Waals surface area contributed by atoms with Gasteiger partial charge in [0.2, 0.25) is 10.0 Å². The normalized spacial score (nSPS) is 23.0. The Morgan fingerprint density at radius 3 is 2.40 bits per heavy atom. The standard InChI is InChI=1S/C15H26N4O5S/c1-16(2)12-6-5-11(10-20)7-19(8-12)25(23,24)13-9-17(3)15(22)18(4)14(13)21/h9,11-12,20H,5-8,10H2,1-4H3/t11-,12+/m0/s1. The summed E-state index contributed by atoms with van der Waals surface area (Å²) in [5, 5.41) is 9.53. The van der Waals surface area contributed by atoms with E-state index in [2.05, 4.69) is 0 Å². The fraction of sp³-hybridized carbons (Fsp3) is 0.733. The van der Waals surface area contributed by atoms with Crippen LogP contribution in [0, 0.1) is 5.92 Å². The lowest BCUT2D eigenvalue weighted by atomic mass is 10.0. The third-order valence-electron chi connectivity index (χ3n) is 4.81. The SMILES string of the molecule is CN(C)[C@@H]1CC[C@H](CO)CN(S(=O)(=O)c2cn(C)c(=O)n(C)c2=O)C1. The average molecular weight is 374 g/mol.